The van der Waals surface area contributed by atoms with E-state index in [9.17, 15) is 27.9 Å². The molecular formula is C26H33F3N2O5. The molecule has 0 saturated heterocycles. The molecule has 0 aliphatic carbocycles. The van der Waals surface area contributed by atoms with Gasteiger partial charge in [0.15, 0.2) is 6.10 Å². The number of hydrogen-bond acceptors (Lipinski definition) is 4. The van der Waals surface area contributed by atoms with Crippen LogP contribution in [0.15, 0.2) is 48.5 Å². The van der Waals surface area contributed by atoms with Gasteiger partial charge in [-0.2, -0.15) is 13.2 Å². The molecule has 0 radical (unpaired) electrons. The van der Waals surface area contributed by atoms with Crippen molar-refractivity contribution in [1.29, 1.82) is 0 Å². The Balaban J connectivity index is 1.92. The van der Waals surface area contributed by atoms with Gasteiger partial charge < -0.3 is 24.8 Å². The summed E-state index contributed by atoms with van der Waals surface area (Å²) in [4.78, 5) is 25.6. The van der Waals surface area contributed by atoms with Crippen LogP contribution < -0.4 is 10.1 Å². The van der Waals surface area contributed by atoms with Crippen LogP contribution in [-0.2, 0) is 22.1 Å². The molecule has 1 atom stereocenters. The second kappa shape index (κ2) is 14.3. The second-order valence-electron chi connectivity index (χ2n) is 8.18. The number of ether oxygens (including phenoxy) is 2. The van der Waals surface area contributed by atoms with Gasteiger partial charge >= 0.3 is 18.2 Å². The number of carboxylic acid groups (broad SMARTS) is 1. The van der Waals surface area contributed by atoms with Crippen LogP contribution in [0.25, 0.3) is 0 Å². The van der Waals surface area contributed by atoms with Crippen molar-refractivity contribution in [1.82, 2.24) is 4.90 Å². The van der Waals surface area contributed by atoms with E-state index in [1.807, 2.05) is 6.92 Å². The molecule has 7 nitrogen and oxygen atoms in total. The van der Waals surface area contributed by atoms with E-state index in [0.717, 1.165) is 37.0 Å². The maximum absolute atomic E-state index is 12.8. The average Bonchev–Trinajstić information content (AvgIpc) is 2.83. The molecule has 2 aromatic rings. The number of halogens is 3. The Kier molecular flexibility index (Phi) is 11.5. The van der Waals surface area contributed by atoms with E-state index in [0.29, 0.717) is 18.9 Å². The summed E-state index contributed by atoms with van der Waals surface area (Å²) in [6.07, 6.45) is -2.42. The quantitative estimate of drug-likeness (QED) is 0.312. The van der Waals surface area contributed by atoms with Crippen LogP contribution >= 0.6 is 0 Å². The molecule has 0 aliphatic heterocycles. The van der Waals surface area contributed by atoms with E-state index in [2.05, 4.69) is 5.32 Å². The average molecular weight is 511 g/mol. The molecule has 0 heterocycles. The molecule has 36 heavy (non-hydrogen) atoms. The highest BCUT2D eigenvalue weighted by Gasteiger charge is 2.30. The number of rotatable bonds is 14. The zero-order valence-corrected chi connectivity index (χ0v) is 20.5. The minimum Gasteiger partial charge on any atom is -0.492 e. The van der Waals surface area contributed by atoms with Gasteiger partial charge in [0.05, 0.1) is 12.1 Å². The van der Waals surface area contributed by atoms with Crippen LogP contribution in [0.4, 0.5) is 23.7 Å². The molecule has 2 N–H and O–H groups in total. The van der Waals surface area contributed by atoms with Crippen LogP contribution in [0.3, 0.4) is 0 Å². The van der Waals surface area contributed by atoms with Crippen LogP contribution in [0.1, 0.15) is 44.2 Å². The summed E-state index contributed by atoms with van der Waals surface area (Å²) in [6, 6.07) is 10.9. The van der Waals surface area contributed by atoms with E-state index < -0.39 is 29.8 Å². The summed E-state index contributed by atoms with van der Waals surface area (Å²) in [7, 11) is 0. The number of nitrogens with one attached hydrogen (secondary N) is 1. The van der Waals surface area contributed by atoms with Gasteiger partial charge in [-0.15, -0.1) is 0 Å². The van der Waals surface area contributed by atoms with Crippen molar-refractivity contribution < 1.29 is 37.3 Å². The lowest BCUT2D eigenvalue weighted by Crippen LogP contribution is -2.38. The van der Waals surface area contributed by atoms with Crippen LogP contribution in [0.5, 0.6) is 5.75 Å². The minimum atomic E-state index is -4.44. The fourth-order valence-corrected chi connectivity index (χ4v) is 3.44. The van der Waals surface area contributed by atoms with Gasteiger partial charge in [0, 0.05) is 25.3 Å². The molecule has 0 bridgehead atoms. The Labute approximate surface area is 209 Å². The van der Waals surface area contributed by atoms with Crippen LogP contribution in [0, 0.1) is 0 Å². The first-order valence-corrected chi connectivity index (χ1v) is 11.9. The van der Waals surface area contributed by atoms with Gasteiger partial charge in [-0.3, -0.25) is 0 Å². The smallest absolute Gasteiger partial charge is 0.416 e. The number of carbonyl (C=O) groups excluding carboxylic acids is 1. The zero-order valence-electron chi connectivity index (χ0n) is 20.5. The van der Waals surface area contributed by atoms with E-state index >= 15 is 0 Å². The molecule has 0 aromatic heterocycles. The van der Waals surface area contributed by atoms with Crippen molar-refractivity contribution in [3.05, 3.63) is 59.7 Å². The largest absolute Gasteiger partial charge is 0.492 e. The number of nitrogens with zero attached hydrogens (tertiary/aromatic N) is 1. The molecule has 2 amide bonds. The maximum Gasteiger partial charge on any atom is 0.416 e. The standard InChI is InChI=1S/C26H33F3N2O5/c1-3-5-6-15-31(25(34)30-21-11-9-20(10-12-21)26(27,28)29)16-17-36-22-13-7-19(8-14-22)18-23(24(32)33)35-4-2/h7-14,23H,3-6,15-18H2,1-2H3,(H,30,34)(H,32,33). The van der Waals surface area contributed by atoms with Gasteiger partial charge in [0.1, 0.15) is 12.4 Å². The van der Waals surface area contributed by atoms with Gasteiger partial charge in [0.25, 0.3) is 0 Å². The predicted molar refractivity (Wildman–Crippen MR) is 130 cm³/mol. The van der Waals surface area contributed by atoms with Gasteiger partial charge in [0.2, 0.25) is 0 Å². The van der Waals surface area contributed by atoms with E-state index in [1.165, 1.54) is 12.1 Å². The molecule has 1 unspecified atom stereocenters. The third-order valence-corrected chi connectivity index (χ3v) is 5.40. The number of aliphatic carboxylic acids is 1. The summed E-state index contributed by atoms with van der Waals surface area (Å²) < 4.78 is 49.3. The lowest BCUT2D eigenvalue weighted by Gasteiger charge is -2.23. The topological polar surface area (TPSA) is 88.1 Å². The summed E-state index contributed by atoms with van der Waals surface area (Å²) in [5, 5.41) is 11.9. The third kappa shape index (κ3) is 9.77. The van der Waals surface area contributed by atoms with Crippen molar-refractivity contribution in [2.24, 2.45) is 0 Å². The van der Waals surface area contributed by atoms with Crippen molar-refractivity contribution in [3.8, 4) is 5.75 Å². The second-order valence-corrected chi connectivity index (χ2v) is 8.18. The molecule has 0 fully saturated rings. The number of anilines is 1. The first-order chi connectivity index (χ1) is 17.1. The van der Waals surface area contributed by atoms with E-state index in [1.54, 1.807) is 36.1 Å². The fraction of sp³-hybridized carbons (Fsp3) is 0.462. The molecule has 2 aromatic carbocycles. The lowest BCUT2D eigenvalue weighted by atomic mass is 10.1. The monoisotopic (exact) mass is 510 g/mol. The first-order valence-electron chi connectivity index (χ1n) is 11.9. The highest BCUT2D eigenvalue weighted by atomic mass is 19.4. The highest BCUT2D eigenvalue weighted by Crippen LogP contribution is 2.29. The molecule has 0 aliphatic rings. The number of hydrogen-bond donors (Lipinski definition) is 2. The molecule has 0 spiro atoms. The summed E-state index contributed by atoms with van der Waals surface area (Å²) in [6.45, 7) is 5.07. The number of unbranched alkanes of at least 4 members (excludes halogenated alkanes) is 2. The number of carbonyl (C=O) groups is 2. The highest BCUT2D eigenvalue weighted by molar-refractivity contribution is 5.89. The maximum atomic E-state index is 12.8. The van der Waals surface area contributed by atoms with E-state index in [4.69, 9.17) is 9.47 Å². The SMILES string of the molecule is CCCCCN(CCOc1ccc(CC(OCC)C(=O)O)cc1)C(=O)Nc1ccc(C(F)(F)F)cc1. The third-order valence-electron chi connectivity index (χ3n) is 5.40. The van der Waals surface area contributed by atoms with Gasteiger partial charge in [-0.05, 0) is 55.3 Å². The Morgan fingerprint density at radius 1 is 1.00 bits per heavy atom. The van der Waals surface area contributed by atoms with Crippen LogP contribution in [0.2, 0.25) is 0 Å². The lowest BCUT2D eigenvalue weighted by molar-refractivity contribution is -0.150. The minimum absolute atomic E-state index is 0.211. The number of alkyl halides is 3. The molecule has 0 saturated carbocycles. The molecule has 198 valence electrons. The van der Waals surface area contributed by atoms with Crippen LogP contribution in [-0.4, -0.2) is 54.4 Å². The molecule has 10 heteroatoms. The summed E-state index contributed by atoms with van der Waals surface area (Å²) in [5.41, 5.74) is 0.285. The fourth-order valence-electron chi connectivity index (χ4n) is 3.44. The zero-order chi connectivity index (χ0) is 26.6. The molecule has 2 rings (SSSR count). The van der Waals surface area contributed by atoms with Crippen molar-refractivity contribution >= 4 is 17.7 Å². The number of amides is 2. The summed E-state index contributed by atoms with van der Waals surface area (Å²) >= 11 is 0. The van der Waals surface area contributed by atoms with Crippen molar-refractivity contribution in [2.75, 3.05) is 31.6 Å². The van der Waals surface area contributed by atoms with E-state index in [-0.39, 0.29) is 25.3 Å². The Morgan fingerprint density at radius 3 is 2.22 bits per heavy atom. The first kappa shape index (κ1) is 29.0. The van der Waals surface area contributed by atoms with Gasteiger partial charge in [-0.25, -0.2) is 9.59 Å². The number of carboxylic acids is 1. The Hall–Kier alpha value is -3.27. The number of benzene rings is 2. The normalized spacial score (nSPS) is 12.1. The Morgan fingerprint density at radius 2 is 1.67 bits per heavy atom. The summed E-state index contributed by atoms with van der Waals surface area (Å²) in [5.74, 6) is -0.450. The Bertz CT molecular complexity index is 950. The molecular weight excluding hydrogens is 477 g/mol. The number of urea groups is 1. The predicted octanol–water partition coefficient (Wildman–Crippen LogP) is 5.84. The van der Waals surface area contributed by atoms with Gasteiger partial charge in [-0.1, -0.05) is 31.9 Å². The van der Waals surface area contributed by atoms with Crippen molar-refractivity contribution in [3.63, 3.8) is 0 Å². The van der Waals surface area contributed by atoms with Crippen molar-refractivity contribution in [2.45, 2.75) is 51.8 Å².